The van der Waals surface area contributed by atoms with Crippen LogP contribution in [-0.4, -0.2) is 12.6 Å². The van der Waals surface area contributed by atoms with Crippen molar-refractivity contribution in [3.05, 3.63) is 0 Å². The van der Waals surface area contributed by atoms with Crippen LogP contribution in [0.1, 0.15) is 40.0 Å². The first-order valence-electron chi connectivity index (χ1n) is 4.97. The summed E-state index contributed by atoms with van der Waals surface area (Å²) < 4.78 is 3.36. The van der Waals surface area contributed by atoms with Crippen molar-refractivity contribution >= 4 is 22.9 Å². The predicted octanol–water partition coefficient (Wildman–Crippen LogP) is 2.47. The third kappa shape index (κ3) is 3.06. The minimum atomic E-state index is 0.338. The van der Waals surface area contributed by atoms with Crippen LogP contribution in [0.3, 0.4) is 0 Å². The third-order valence-corrected chi connectivity index (χ3v) is 3.97. The lowest BCUT2D eigenvalue weighted by atomic mass is 9.63. The Labute approximate surface area is 95.5 Å². The van der Waals surface area contributed by atoms with Gasteiger partial charge in [-0.05, 0) is 36.6 Å². The van der Waals surface area contributed by atoms with Crippen molar-refractivity contribution in [3.63, 3.8) is 0 Å². The van der Waals surface area contributed by atoms with Gasteiger partial charge in [-0.15, -0.1) is 0 Å². The van der Waals surface area contributed by atoms with Crippen LogP contribution < -0.4 is 9.26 Å². The average molecular weight is 296 g/mol. The molecule has 78 valence electrons. The lowest BCUT2D eigenvalue weighted by molar-refractivity contribution is 0.0874. The zero-order chi connectivity index (χ0) is 10.1. The monoisotopic (exact) mass is 296 g/mol. The minimum Gasteiger partial charge on any atom is -0.330 e. The van der Waals surface area contributed by atoms with E-state index in [1.165, 1.54) is 19.3 Å². The van der Waals surface area contributed by atoms with E-state index < -0.39 is 0 Å². The molecule has 13 heavy (non-hydrogen) atoms. The summed E-state index contributed by atoms with van der Waals surface area (Å²) in [6, 6.07) is 0.637. The lowest BCUT2D eigenvalue weighted by Gasteiger charge is -2.45. The molecule has 0 saturated heterocycles. The summed E-state index contributed by atoms with van der Waals surface area (Å²) >= 11 is 2.27. The Hall–Kier alpha value is 0.650. The Bertz CT molecular complexity index is 182. The number of rotatable bonds is 2. The molecule has 0 amide bonds. The first kappa shape index (κ1) is 11.7. The van der Waals surface area contributed by atoms with Crippen LogP contribution in [0.4, 0.5) is 0 Å². The second-order valence-corrected chi connectivity index (χ2v) is 6.19. The minimum absolute atomic E-state index is 0.338. The Morgan fingerprint density at radius 1 is 1.38 bits per heavy atom. The van der Waals surface area contributed by atoms with Gasteiger partial charge in [-0.2, -0.15) is 0 Å². The number of nitrogens with one attached hydrogen (secondary N) is 1. The molecule has 3 N–H and O–H groups in total. The van der Waals surface area contributed by atoms with Gasteiger partial charge in [-0.1, -0.05) is 20.8 Å². The fraction of sp³-hybridized carbons (Fsp3) is 1.00. The summed E-state index contributed by atoms with van der Waals surface area (Å²) in [4.78, 5) is 0. The highest BCUT2D eigenvalue weighted by Crippen LogP contribution is 2.45. The zero-order valence-electron chi connectivity index (χ0n) is 8.86. The molecule has 0 spiro atoms. The Morgan fingerprint density at radius 3 is 2.46 bits per heavy atom. The third-order valence-electron chi connectivity index (χ3n) is 3.09. The summed E-state index contributed by atoms with van der Waals surface area (Å²) in [6.07, 6.45) is 3.74. The van der Waals surface area contributed by atoms with Crippen molar-refractivity contribution in [1.29, 1.82) is 0 Å². The zero-order valence-corrected chi connectivity index (χ0v) is 11.0. The Morgan fingerprint density at radius 2 is 2.00 bits per heavy atom. The first-order valence-corrected chi connectivity index (χ1v) is 6.05. The molecule has 0 aromatic heterocycles. The molecule has 0 heterocycles. The summed E-state index contributed by atoms with van der Waals surface area (Å²) in [7, 11) is 0. The molecular weight excluding hydrogens is 275 g/mol. The Kier molecular flexibility index (Phi) is 3.63. The van der Waals surface area contributed by atoms with Crippen LogP contribution >= 0.6 is 22.9 Å². The molecule has 0 radical (unpaired) electrons. The Balaban J connectivity index is 2.71. The van der Waals surface area contributed by atoms with Crippen molar-refractivity contribution in [1.82, 2.24) is 3.53 Å². The first-order chi connectivity index (χ1) is 5.91. The summed E-state index contributed by atoms with van der Waals surface area (Å²) in [6.45, 7) is 7.82. The molecule has 0 aliphatic heterocycles. The molecule has 2 nitrogen and oxygen atoms in total. The maximum Gasteiger partial charge on any atom is 0.0174 e. The summed E-state index contributed by atoms with van der Waals surface area (Å²) in [5, 5.41) is 0. The van der Waals surface area contributed by atoms with Gasteiger partial charge in [0.15, 0.2) is 0 Å². The smallest absolute Gasteiger partial charge is 0.0174 e. The molecular formula is C10H21IN2. The molecule has 1 aliphatic carbocycles. The maximum atomic E-state index is 5.85. The maximum absolute atomic E-state index is 5.85. The highest BCUT2D eigenvalue weighted by molar-refractivity contribution is 14.1. The number of nitrogens with two attached hydrogens (primary N) is 1. The van der Waals surface area contributed by atoms with Crippen LogP contribution in [0.25, 0.3) is 0 Å². The highest BCUT2D eigenvalue weighted by atomic mass is 127. The quantitative estimate of drug-likeness (QED) is 0.607. The van der Waals surface area contributed by atoms with E-state index in [1.54, 1.807) is 0 Å². The molecule has 1 aliphatic rings. The normalized spacial score (nSPS) is 39.0. The van der Waals surface area contributed by atoms with E-state index in [4.69, 9.17) is 5.73 Å². The van der Waals surface area contributed by atoms with Gasteiger partial charge >= 0.3 is 0 Å². The van der Waals surface area contributed by atoms with E-state index in [0.29, 0.717) is 16.9 Å². The van der Waals surface area contributed by atoms with Crippen LogP contribution in [0, 0.1) is 10.8 Å². The predicted molar refractivity (Wildman–Crippen MR) is 65.7 cm³/mol. The van der Waals surface area contributed by atoms with Crippen LogP contribution in [0.5, 0.6) is 0 Å². The molecule has 0 aromatic carbocycles. The molecule has 1 rings (SSSR count). The van der Waals surface area contributed by atoms with E-state index in [2.05, 4.69) is 47.2 Å². The average Bonchev–Trinajstić information content (AvgIpc) is 2.01. The molecule has 1 fully saturated rings. The van der Waals surface area contributed by atoms with Gasteiger partial charge < -0.3 is 5.73 Å². The summed E-state index contributed by atoms with van der Waals surface area (Å²) in [5.74, 6) is 0. The van der Waals surface area contributed by atoms with Gasteiger partial charge in [0.2, 0.25) is 0 Å². The second kappa shape index (κ2) is 4.03. The van der Waals surface area contributed by atoms with Gasteiger partial charge in [-0.3, -0.25) is 3.53 Å². The van der Waals surface area contributed by atoms with Crippen molar-refractivity contribution in [2.24, 2.45) is 16.6 Å². The standard InChI is InChI=1S/C10H21IN2/c1-9(2)4-8(13-11)5-10(3,6-9)7-12/h8,13H,4-7,12H2,1-3H3. The molecule has 2 unspecified atom stereocenters. The SMILES string of the molecule is CC1(C)CC(NI)CC(C)(CN)C1. The number of hydrogen-bond donors (Lipinski definition) is 2. The van der Waals surface area contributed by atoms with E-state index in [9.17, 15) is 0 Å². The van der Waals surface area contributed by atoms with Gasteiger partial charge in [0.25, 0.3) is 0 Å². The van der Waals surface area contributed by atoms with Gasteiger partial charge in [0.1, 0.15) is 0 Å². The van der Waals surface area contributed by atoms with Crippen LogP contribution in [-0.2, 0) is 0 Å². The highest BCUT2D eigenvalue weighted by Gasteiger charge is 2.39. The second-order valence-electron chi connectivity index (χ2n) is 5.57. The van der Waals surface area contributed by atoms with E-state index in [-0.39, 0.29) is 0 Å². The van der Waals surface area contributed by atoms with Gasteiger partial charge in [0, 0.05) is 28.9 Å². The number of hydrogen-bond acceptors (Lipinski definition) is 2. The summed E-state index contributed by atoms with van der Waals surface area (Å²) in [5.41, 5.74) is 6.62. The largest absolute Gasteiger partial charge is 0.330 e. The molecule has 0 bridgehead atoms. The van der Waals surface area contributed by atoms with Gasteiger partial charge in [0.05, 0.1) is 0 Å². The molecule has 2 atom stereocenters. The van der Waals surface area contributed by atoms with E-state index in [1.807, 2.05) is 0 Å². The van der Waals surface area contributed by atoms with Crippen molar-refractivity contribution in [2.45, 2.75) is 46.1 Å². The number of halogens is 1. The van der Waals surface area contributed by atoms with Crippen LogP contribution in [0.15, 0.2) is 0 Å². The lowest BCUT2D eigenvalue weighted by Crippen LogP contribution is -2.45. The van der Waals surface area contributed by atoms with E-state index >= 15 is 0 Å². The van der Waals surface area contributed by atoms with Crippen molar-refractivity contribution < 1.29 is 0 Å². The molecule has 0 aromatic rings. The van der Waals surface area contributed by atoms with E-state index in [0.717, 1.165) is 6.54 Å². The molecule has 1 saturated carbocycles. The fourth-order valence-corrected chi connectivity index (χ4v) is 3.31. The van der Waals surface area contributed by atoms with Crippen molar-refractivity contribution in [2.75, 3.05) is 6.54 Å². The van der Waals surface area contributed by atoms with Crippen LogP contribution in [0.2, 0.25) is 0 Å². The molecule has 3 heteroatoms. The van der Waals surface area contributed by atoms with Gasteiger partial charge in [-0.25, -0.2) is 0 Å². The van der Waals surface area contributed by atoms with Crippen molar-refractivity contribution in [3.8, 4) is 0 Å². The topological polar surface area (TPSA) is 38.0 Å². The fourth-order valence-electron chi connectivity index (χ4n) is 2.87.